The van der Waals surface area contributed by atoms with Crippen LogP contribution >= 0.6 is 0 Å². The minimum absolute atomic E-state index is 0.246. The Balaban J connectivity index is 2.38. The highest BCUT2D eigenvalue weighted by Crippen LogP contribution is 2.19. The van der Waals surface area contributed by atoms with Gasteiger partial charge in [0.25, 0.3) is 0 Å². The zero-order valence-corrected chi connectivity index (χ0v) is 10.1. The van der Waals surface area contributed by atoms with Crippen LogP contribution in [0, 0.1) is 5.41 Å². The summed E-state index contributed by atoms with van der Waals surface area (Å²) in [6.07, 6.45) is 1.30. The fraction of sp³-hybridized carbons (Fsp3) is 1.00. The van der Waals surface area contributed by atoms with E-state index in [0.717, 1.165) is 19.1 Å². The van der Waals surface area contributed by atoms with E-state index in [4.69, 9.17) is 5.73 Å². The van der Waals surface area contributed by atoms with Gasteiger partial charge in [-0.2, -0.15) is 0 Å². The molecular weight excluding hydrogens is 174 g/mol. The molecule has 1 aliphatic heterocycles. The quantitative estimate of drug-likeness (QED) is 0.720. The van der Waals surface area contributed by atoms with Gasteiger partial charge in [-0.1, -0.05) is 13.8 Å². The lowest BCUT2D eigenvalue weighted by atomic mass is 9.92. The Morgan fingerprint density at radius 1 is 1.50 bits per heavy atom. The minimum atomic E-state index is 0.246. The van der Waals surface area contributed by atoms with Crippen LogP contribution in [0.2, 0.25) is 0 Å². The lowest BCUT2D eigenvalue weighted by Crippen LogP contribution is -2.42. The molecule has 0 spiro atoms. The van der Waals surface area contributed by atoms with Crippen LogP contribution in [0.25, 0.3) is 0 Å². The SMILES string of the molecule is CN1CCC(N(C)CC(C)(C)CN)C1. The van der Waals surface area contributed by atoms with Crippen molar-refractivity contribution in [2.75, 3.05) is 40.3 Å². The maximum absolute atomic E-state index is 5.74. The summed E-state index contributed by atoms with van der Waals surface area (Å²) in [5, 5.41) is 0. The summed E-state index contributed by atoms with van der Waals surface area (Å²) < 4.78 is 0. The number of nitrogens with zero attached hydrogens (tertiary/aromatic N) is 2. The van der Waals surface area contributed by atoms with E-state index in [1.165, 1.54) is 19.5 Å². The highest BCUT2D eigenvalue weighted by molar-refractivity contribution is 4.83. The third kappa shape index (κ3) is 3.23. The fourth-order valence-corrected chi connectivity index (χ4v) is 2.14. The summed E-state index contributed by atoms with van der Waals surface area (Å²) in [5.74, 6) is 0. The number of rotatable bonds is 4. The van der Waals surface area contributed by atoms with E-state index < -0.39 is 0 Å². The number of nitrogens with two attached hydrogens (primary N) is 1. The van der Waals surface area contributed by atoms with E-state index in [-0.39, 0.29) is 5.41 Å². The molecule has 1 rings (SSSR count). The second-order valence-electron chi connectivity index (χ2n) is 5.49. The average molecular weight is 199 g/mol. The molecule has 14 heavy (non-hydrogen) atoms. The predicted molar refractivity (Wildman–Crippen MR) is 61.4 cm³/mol. The number of likely N-dealkylation sites (N-methyl/N-ethyl adjacent to an activating group) is 2. The van der Waals surface area contributed by atoms with Crippen LogP contribution in [-0.4, -0.2) is 56.1 Å². The van der Waals surface area contributed by atoms with Gasteiger partial charge in [-0.05, 0) is 39.0 Å². The Labute approximate surface area is 88.2 Å². The lowest BCUT2D eigenvalue weighted by Gasteiger charge is -2.32. The summed E-state index contributed by atoms with van der Waals surface area (Å²) in [7, 11) is 4.42. The van der Waals surface area contributed by atoms with Gasteiger partial charge >= 0.3 is 0 Å². The molecule has 0 bridgehead atoms. The summed E-state index contributed by atoms with van der Waals surface area (Å²) in [5.41, 5.74) is 5.99. The first-order valence-electron chi connectivity index (χ1n) is 5.53. The van der Waals surface area contributed by atoms with E-state index in [1.807, 2.05) is 0 Å². The van der Waals surface area contributed by atoms with E-state index >= 15 is 0 Å². The van der Waals surface area contributed by atoms with Gasteiger partial charge < -0.3 is 15.5 Å². The zero-order valence-electron chi connectivity index (χ0n) is 10.1. The van der Waals surface area contributed by atoms with Gasteiger partial charge in [0.15, 0.2) is 0 Å². The van der Waals surface area contributed by atoms with Crippen LogP contribution in [0.3, 0.4) is 0 Å². The van der Waals surface area contributed by atoms with Crippen molar-refractivity contribution in [2.45, 2.75) is 26.3 Å². The van der Waals surface area contributed by atoms with Crippen LogP contribution < -0.4 is 5.73 Å². The molecule has 3 heteroatoms. The highest BCUT2D eigenvalue weighted by Gasteiger charge is 2.27. The van der Waals surface area contributed by atoms with Crippen molar-refractivity contribution in [2.24, 2.45) is 11.1 Å². The maximum atomic E-state index is 5.74. The molecule has 0 amide bonds. The van der Waals surface area contributed by atoms with Crippen molar-refractivity contribution in [3.05, 3.63) is 0 Å². The Morgan fingerprint density at radius 2 is 2.14 bits per heavy atom. The van der Waals surface area contributed by atoms with Crippen LogP contribution in [0.4, 0.5) is 0 Å². The summed E-state index contributed by atoms with van der Waals surface area (Å²) in [6, 6.07) is 0.728. The minimum Gasteiger partial charge on any atom is -0.330 e. The Bertz CT molecular complexity index is 179. The van der Waals surface area contributed by atoms with E-state index in [9.17, 15) is 0 Å². The summed E-state index contributed by atoms with van der Waals surface area (Å²) in [4.78, 5) is 4.87. The number of hydrogen-bond donors (Lipinski definition) is 1. The van der Waals surface area contributed by atoms with Crippen LogP contribution in [0.5, 0.6) is 0 Å². The van der Waals surface area contributed by atoms with Gasteiger partial charge in [-0.25, -0.2) is 0 Å². The van der Waals surface area contributed by atoms with Crippen molar-refractivity contribution < 1.29 is 0 Å². The second-order valence-corrected chi connectivity index (χ2v) is 5.49. The Hall–Kier alpha value is -0.120. The normalized spacial score (nSPS) is 24.9. The van der Waals surface area contributed by atoms with Gasteiger partial charge in [0.2, 0.25) is 0 Å². The predicted octanol–water partition coefficient (Wildman–Crippen LogP) is 0.607. The topological polar surface area (TPSA) is 32.5 Å². The van der Waals surface area contributed by atoms with Gasteiger partial charge in [-0.15, -0.1) is 0 Å². The van der Waals surface area contributed by atoms with Crippen LogP contribution in [0.1, 0.15) is 20.3 Å². The highest BCUT2D eigenvalue weighted by atomic mass is 15.2. The molecule has 0 radical (unpaired) electrons. The van der Waals surface area contributed by atoms with Crippen molar-refractivity contribution >= 4 is 0 Å². The molecule has 3 nitrogen and oxygen atoms in total. The first kappa shape index (κ1) is 12.0. The summed E-state index contributed by atoms with van der Waals surface area (Å²) in [6.45, 7) is 8.78. The number of hydrogen-bond acceptors (Lipinski definition) is 3. The maximum Gasteiger partial charge on any atom is 0.0232 e. The molecular formula is C11H25N3. The van der Waals surface area contributed by atoms with Crippen LogP contribution in [-0.2, 0) is 0 Å². The molecule has 1 atom stereocenters. The Morgan fingerprint density at radius 3 is 2.57 bits per heavy atom. The smallest absolute Gasteiger partial charge is 0.0232 e. The molecule has 0 aliphatic carbocycles. The molecule has 1 saturated heterocycles. The monoisotopic (exact) mass is 199 g/mol. The average Bonchev–Trinajstić information content (AvgIpc) is 2.51. The van der Waals surface area contributed by atoms with Gasteiger partial charge in [0, 0.05) is 19.1 Å². The molecule has 0 aromatic carbocycles. The van der Waals surface area contributed by atoms with Crippen molar-refractivity contribution in [1.29, 1.82) is 0 Å². The van der Waals surface area contributed by atoms with Crippen LogP contribution in [0.15, 0.2) is 0 Å². The fourth-order valence-electron chi connectivity index (χ4n) is 2.14. The van der Waals surface area contributed by atoms with Crippen molar-refractivity contribution in [3.8, 4) is 0 Å². The molecule has 1 heterocycles. The second kappa shape index (κ2) is 4.60. The van der Waals surface area contributed by atoms with Crippen molar-refractivity contribution in [3.63, 3.8) is 0 Å². The molecule has 1 fully saturated rings. The van der Waals surface area contributed by atoms with Crippen molar-refractivity contribution in [1.82, 2.24) is 9.80 Å². The third-order valence-electron chi connectivity index (χ3n) is 3.22. The molecule has 84 valence electrons. The van der Waals surface area contributed by atoms with E-state index in [2.05, 4.69) is 37.7 Å². The lowest BCUT2D eigenvalue weighted by molar-refractivity contribution is 0.166. The first-order chi connectivity index (χ1) is 6.44. The molecule has 1 unspecified atom stereocenters. The largest absolute Gasteiger partial charge is 0.330 e. The summed E-state index contributed by atoms with van der Waals surface area (Å²) >= 11 is 0. The zero-order chi connectivity index (χ0) is 10.8. The van der Waals surface area contributed by atoms with E-state index in [0.29, 0.717) is 0 Å². The Kier molecular flexibility index (Phi) is 3.93. The van der Waals surface area contributed by atoms with Gasteiger partial charge in [0.05, 0.1) is 0 Å². The van der Waals surface area contributed by atoms with E-state index in [1.54, 1.807) is 0 Å². The molecule has 2 N–H and O–H groups in total. The van der Waals surface area contributed by atoms with Gasteiger partial charge in [-0.3, -0.25) is 0 Å². The first-order valence-corrected chi connectivity index (χ1v) is 5.53. The molecule has 0 aromatic rings. The molecule has 1 aliphatic rings. The molecule has 0 saturated carbocycles. The third-order valence-corrected chi connectivity index (χ3v) is 3.22. The van der Waals surface area contributed by atoms with Gasteiger partial charge in [0.1, 0.15) is 0 Å². The number of likely N-dealkylation sites (tertiary alicyclic amines) is 1. The standard InChI is InChI=1S/C11H25N3/c1-11(2,8-12)9-14(4)10-5-6-13(3)7-10/h10H,5-9,12H2,1-4H3. The molecule has 0 aromatic heterocycles.